The number of aliphatic imine (C=N–C) groups is 1. The molecule has 0 aromatic heterocycles. The van der Waals surface area contributed by atoms with Crippen LogP contribution >= 0.6 is 23.5 Å². The summed E-state index contributed by atoms with van der Waals surface area (Å²) >= 11 is 3.26. The van der Waals surface area contributed by atoms with Crippen molar-refractivity contribution in [3.8, 4) is 0 Å². The summed E-state index contributed by atoms with van der Waals surface area (Å²) in [4.78, 5) is 19.4. The Morgan fingerprint density at radius 1 is 1.53 bits per heavy atom. The smallest absolute Gasteiger partial charge is 0.344 e. The van der Waals surface area contributed by atoms with Gasteiger partial charge in [0.1, 0.15) is 5.37 Å². The van der Waals surface area contributed by atoms with Gasteiger partial charge in [0.25, 0.3) is 0 Å². The Hall–Kier alpha value is -0.660. The lowest BCUT2D eigenvalue weighted by Gasteiger charge is -2.28. The zero-order chi connectivity index (χ0) is 13.2. The average Bonchev–Trinajstić information content (AvgIpc) is 2.98. The average molecular weight is 300 g/mol. The largest absolute Gasteiger partial charge is 0.462 e. The monoisotopic (exact) mass is 300 g/mol. The Bertz CT molecular complexity index is 433. The van der Waals surface area contributed by atoms with Crippen molar-refractivity contribution in [3.05, 3.63) is 11.0 Å². The third-order valence-electron chi connectivity index (χ3n) is 3.08. The first-order valence-corrected chi connectivity index (χ1v) is 8.16. The summed E-state index contributed by atoms with van der Waals surface area (Å²) < 4.78 is 10.4. The second kappa shape index (κ2) is 5.76. The highest BCUT2D eigenvalue weighted by Gasteiger charge is 2.39. The zero-order valence-corrected chi connectivity index (χ0v) is 12.3. The van der Waals surface area contributed by atoms with Crippen LogP contribution in [0, 0.1) is 0 Å². The highest BCUT2D eigenvalue weighted by atomic mass is 32.2. The molecule has 1 fully saturated rings. The standard InChI is InChI=1S/C12H16N2O3S2/c1-2-17-11(15)9-7-8-10(18-9)13-12(19-8)14-3-5-16-6-4-14/h7-8,10H,2-6H2,1H3. The first-order chi connectivity index (χ1) is 9.28. The normalized spacial score (nSPS) is 29.8. The molecule has 3 heterocycles. The minimum absolute atomic E-state index is 0.127. The first-order valence-electron chi connectivity index (χ1n) is 6.40. The van der Waals surface area contributed by atoms with E-state index in [4.69, 9.17) is 14.5 Å². The van der Waals surface area contributed by atoms with E-state index in [1.807, 2.05) is 13.0 Å². The number of fused-ring (bicyclic) bond motifs is 1. The van der Waals surface area contributed by atoms with E-state index in [1.54, 1.807) is 11.8 Å². The molecule has 0 saturated carbocycles. The van der Waals surface area contributed by atoms with Crippen molar-refractivity contribution in [1.29, 1.82) is 0 Å². The SMILES string of the molecule is CCOC(=O)C1=CC2SC(N3CCOCC3)=NC2S1. The maximum Gasteiger partial charge on any atom is 0.344 e. The van der Waals surface area contributed by atoms with E-state index >= 15 is 0 Å². The van der Waals surface area contributed by atoms with Crippen LogP contribution in [0.3, 0.4) is 0 Å². The number of rotatable bonds is 2. The van der Waals surface area contributed by atoms with E-state index in [2.05, 4.69) is 4.90 Å². The maximum atomic E-state index is 11.7. The minimum atomic E-state index is -0.217. The Kier molecular flexibility index (Phi) is 4.04. The van der Waals surface area contributed by atoms with Crippen molar-refractivity contribution in [2.45, 2.75) is 17.5 Å². The van der Waals surface area contributed by atoms with Gasteiger partial charge in [0, 0.05) is 13.1 Å². The van der Waals surface area contributed by atoms with Gasteiger partial charge < -0.3 is 14.4 Å². The highest BCUT2D eigenvalue weighted by molar-refractivity contribution is 8.16. The lowest BCUT2D eigenvalue weighted by molar-refractivity contribution is -0.137. The van der Waals surface area contributed by atoms with E-state index in [0.717, 1.165) is 31.5 Å². The van der Waals surface area contributed by atoms with Crippen LogP contribution in [-0.2, 0) is 14.3 Å². The Morgan fingerprint density at radius 3 is 3.00 bits per heavy atom. The van der Waals surface area contributed by atoms with Crippen LogP contribution in [0.4, 0.5) is 0 Å². The van der Waals surface area contributed by atoms with Crippen LogP contribution in [-0.4, -0.2) is 59.6 Å². The summed E-state index contributed by atoms with van der Waals surface area (Å²) in [6, 6.07) is 0. The van der Waals surface area contributed by atoms with Gasteiger partial charge in [-0.2, -0.15) is 0 Å². The van der Waals surface area contributed by atoms with Crippen LogP contribution < -0.4 is 0 Å². The topological polar surface area (TPSA) is 51.1 Å². The van der Waals surface area contributed by atoms with Crippen molar-refractivity contribution in [2.75, 3.05) is 32.9 Å². The fraction of sp³-hybridized carbons (Fsp3) is 0.667. The number of thioether (sulfide) groups is 2. The van der Waals surface area contributed by atoms with Crippen LogP contribution in [0.25, 0.3) is 0 Å². The molecule has 0 aromatic rings. The molecule has 3 aliphatic rings. The summed E-state index contributed by atoms with van der Waals surface area (Å²) in [7, 11) is 0. The number of carbonyl (C=O) groups excluding carboxylic acids is 1. The molecule has 2 unspecified atom stereocenters. The number of carbonyl (C=O) groups is 1. The Labute approximate surface area is 120 Å². The first kappa shape index (κ1) is 13.3. The molecule has 0 bridgehead atoms. The van der Waals surface area contributed by atoms with Crippen LogP contribution in [0.15, 0.2) is 16.0 Å². The minimum Gasteiger partial charge on any atom is -0.462 e. The van der Waals surface area contributed by atoms with Crippen molar-refractivity contribution in [1.82, 2.24) is 4.90 Å². The van der Waals surface area contributed by atoms with Crippen LogP contribution in [0.5, 0.6) is 0 Å². The summed E-state index contributed by atoms with van der Waals surface area (Å²) in [6.45, 7) is 5.59. The van der Waals surface area contributed by atoms with Crippen molar-refractivity contribution in [3.63, 3.8) is 0 Å². The molecule has 3 aliphatic heterocycles. The third kappa shape index (κ3) is 2.78. The fourth-order valence-corrected chi connectivity index (χ4v) is 4.77. The molecular weight excluding hydrogens is 284 g/mol. The number of amidine groups is 1. The highest BCUT2D eigenvalue weighted by Crippen LogP contribution is 2.45. The van der Waals surface area contributed by atoms with E-state index in [9.17, 15) is 4.79 Å². The van der Waals surface area contributed by atoms with Crippen LogP contribution in [0.1, 0.15) is 6.92 Å². The molecule has 0 N–H and O–H groups in total. The van der Waals surface area contributed by atoms with Gasteiger partial charge in [-0.15, -0.1) is 0 Å². The lowest BCUT2D eigenvalue weighted by atomic mass is 10.3. The summed E-state index contributed by atoms with van der Waals surface area (Å²) in [5.74, 6) is -0.217. The molecule has 3 rings (SSSR count). The summed E-state index contributed by atoms with van der Waals surface area (Å²) in [6.07, 6.45) is 1.99. The molecule has 0 amide bonds. The number of ether oxygens (including phenoxy) is 2. The predicted molar refractivity (Wildman–Crippen MR) is 77.3 cm³/mol. The number of hydrogen-bond donors (Lipinski definition) is 0. The number of hydrogen-bond acceptors (Lipinski definition) is 7. The van der Waals surface area contributed by atoms with E-state index in [1.165, 1.54) is 11.8 Å². The van der Waals surface area contributed by atoms with E-state index < -0.39 is 0 Å². The second-order valence-electron chi connectivity index (χ2n) is 4.35. The van der Waals surface area contributed by atoms with Gasteiger partial charge in [-0.3, -0.25) is 0 Å². The molecular formula is C12H16N2O3S2. The summed E-state index contributed by atoms with van der Waals surface area (Å²) in [5, 5.41) is 1.48. The van der Waals surface area contributed by atoms with Gasteiger partial charge in [0.05, 0.1) is 30.0 Å². The summed E-state index contributed by atoms with van der Waals surface area (Å²) in [5.41, 5.74) is 0. The van der Waals surface area contributed by atoms with E-state index in [0.29, 0.717) is 11.5 Å². The molecule has 2 atom stereocenters. The van der Waals surface area contributed by atoms with Crippen molar-refractivity contribution >= 4 is 34.7 Å². The predicted octanol–water partition coefficient (Wildman–Crippen LogP) is 1.31. The molecule has 7 heteroatoms. The molecule has 0 spiro atoms. The van der Waals surface area contributed by atoms with Gasteiger partial charge >= 0.3 is 5.97 Å². The molecule has 0 radical (unpaired) electrons. The quantitative estimate of drug-likeness (QED) is 0.717. The number of nitrogens with zero attached hydrogens (tertiary/aromatic N) is 2. The van der Waals surface area contributed by atoms with Gasteiger partial charge in [0.15, 0.2) is 5.17 Å². The second-order valence-corrected chi connectivity index (χ2v) is 6.66. The van der Waals surface area contributed by atoms with Crippen LogP contribution in [0.2, 0.25) is 0 Å². The Morgan fingerprint density at radius 2 is 2.32 bits per heavy atom. The van der Waals surface area contributed by atoms with Gasteiger partial charge in [-0.25, -0.2) is 9.79 Å². The van der Waals surface area contributed by atoms with Crippen molar-refractivity contribution in [2.24, 2.45) is 4.99 Å². The molecule has 104 valence electrons. The fourth-order valence-electron chi connectivity index (χ4n) is 2.15. The number of morpholine rings is 1. The van der Waals surface area contributed by atoms with E-state index in [-0.39, 0.29) is 16.6 Å². The zero-order valence-electron chi connectivity index (χ0n) is 10.7. The number of esters is 1. The molecule has 1 saturated heterocycles. The third-order valence-corrected chi connectivity index (χ3v) is 5.69. The molecule has 5 nitrogen and oxygen atoms in total. The molecule has 0 aliphatic carbocycles. The lowest BCUT2D eigenvalue weighted by Crippen LogP contribution is -2.39. The molecule has 0 aromatic carbocycles. The van der Waals surface area contributed by atoms with Gasteiger partial charge in [-0.05, 0) is 13.0 Å². The molecule has 19 heavy (non-hydrogen) atoms. The van der Waals surface area contributed by atoms with Crippen molar-refractivity contribution < 1.29 is 14.3 Å². The Balaban J connectivity index is 1.60. The van der Waals surface area contributed by atoms with Gasteiger partial charge in [0.2, 0.25) is 0 Å². The van der Waals surface area contributed by atoms with Gasteiger partial charge in [-0.1, -0.05) is 23.5 Å². The maximum absolute atomic E-state index is 11.7.